The van der Waals surface area contributed by atoms with E-state index in [9.17, 15) is 19.2 Å². The van der Waals surface area contributed by atoms with E-state index in [-0.39, 0.29) is 18.4 Å². The zero-order valence-electron chi connectivity index (χ0n) is 19.5. The number of nitrogens with zero attached hydrogens (tertiary/aromatic N) is 2. The molecule has 2 rings (SSSR count). The molecule has 2 unspecified atom stereocenters. The van der Waals surface area contributed by atoms with Gasteiger partial charge in [0.1, 0.15) is 17.7 Å². The molecule has 0 aromatic rings. The number of methoxy groups -OCH3 is 1. The molecule has 0 radical (unpaired) electrons. The molecule has 0 aliphatic carbocycles. The summed E-state index contributed by atoms with van der Waals surface area (Å²) in [6.07, 6.45) is -0.740. The van der Waals surface area contributed by atoms with E-state index in [4.69, 9.17) is 9.47 Å². The molecule has 2 heterocycles. The topological polar surface area (TPSA) is 114 Å². The lowest BCUT2D eigenvalue weighted by Crippen LogP contribution is -2.61. The number of carbonyl (C=O) groups excluding carboxylic acids is 4. The number of esters is 1. The van der Waals surface area contributed by atoms with Crippen molar-refractivity contribution in [1.29, 1.82) is 0 Å². The van der Waals surface area contributed by atoms with Gasteiger partial charge in [0.15, 0.2) is 0 Å². The van der Waals surface area contributed by atoms with E-state index in [2.05, 4.69) is 10.1 Å². The van der Waals surface area contributed by atoms with Crippen LogP contribution in [0.5, 0.6) is 0 Å². The second kappa shape index (κ2) is 9.32. The molecule has 0 aromatic heterocycles. The van der Waals surface area contributed by atoms with Crippen LogP contribution in [0, 0.1) is 11.3 Å². The largest absolute Gasteiger partial charge is 0.464 e. The van der Waals surface area contributed by atoms with Gasteiger partial charge in [-0.2, -0.15) is 0 Å². The highest BCUT2D eigenvalue weighted by Gasteiger charge is 2.57. The van der Waals surface area contributed by atoms with Crippen LogP contribution in [0.1, 0.15) is 48.0 Å². The van der Waals surface area contributed by atoms with Crippen LogP contribution in [0.15, 0.2) is 0 Å². The predicted molar refractivity (Wildman–Crippen MR) is 111 cm³/mol. The monoisotopic (exact) mass is 441 g/mol. The third kappa shape index (κ3) is 5.80. The molecule has 0 aromatic carbocycles. The Morgan fingerprint density at radius 1 is 1.13 bits per heavy atom. The van der Waals surface area contributed by atoms with Gasteiger partial charge in [-0.3, -0.25) is 4.79 Å². The molecule has 2 saturated heterocycles. The number of alkyl carbamates (subject to hydrolysis) is 1. The summed E-state index contributed by atoms with van der Waals surface area (Å²) in [5.41, 5.74) is -1.01. The molecule has 0 bridgehead atoms. The molecule has 2 atom stereocenters. The number of rotatable bonds is 5. The van der Waals surface area contributed by atoms with Crippen LogP contribution >= 0.6 is 0 Å². The zero-order valence-corrected chi connectivity index (χ0v) is 19.5. The van der Waals surface area contributed by atoms with Gasteiger partial charge in [0, 0.05) is 25.0 Å². The van der Waals surface area contributed by atoms with Crippen molar-refractivity contribution in [1.82, 2.24) is 15.1 Å². The van der Waals surface area contributed by atoms with Crippen molar-refractivity contribution in [3.05, 3.63) is 0 Å². The van der Waals surface area contributed by atoms with Gasteiger partial charge in [0.25, 0.3) is 0 Å². The SMILES string of the molecule is CCOC(=O)C1CC2(CN(C(=O)OC(C)(C)C)C2)CN1C(=O)C(NC(=O)OC)C(C)C. The van der Waals surface area contributed by atoms with Crippen LogP contribution in [0.4, 0.5) is 9.59 Å². The molecule has 10 nitrogen and oxygen atoms in total. The lowest BCUT2D eigenvalue weighted by atomic mass is 9.78. The van der Waals surface area contributed by atoms with Gasteiger partial charge in [0.2, 0.25) is 5.91 Å². The summed E-state index contributed by atoms with van der Waals surface area (Å²) in [7, 11) is 1.23. The Kier molecular flexibility index (Phi) is 7.44. The van der Waals surface area contributed by atoms with Gasteiger partial charge < -0.3 is 29.3 Å². The molecule has 1 N–H and O–H groups in total. The van der Waals surface area contributed by atoms with Crippen LogP contribution in [0.25, 0.3) is 0 Å². The second-order valence-corrected chi connectivity index (χ2v) is 9.63. The van der Waals surface area contributed by atoms with E-state index in [1.807, 2.05) is 0 Å². The fourth-order valence-electron chi connectivity index (χ4n) is 4.06. The van der Waals surface area contributed by atoms with E-state index in [1.165, 1.54) is 12.0 Å². The molecule has 0 saturated carbocycles. The van der Waals surface area contributed by atoms with E-state index in [0.29, 0.717) is 26.1 Å². The summed E-state index contributed by atoms with van der Waals surface area (Å²) in [5, 5.41) is 2.56. The molecular weight excluding hydrogens is 406 g/mol. The summed E-state index contributed by atoms with van der Waals surface area (Å²) in [4.78, 5) is 53.1. The van der Waals surface area contributed by atoms with E-state index >= 15 is 0 Å². The number of amides is 3. The average molecular weight is 442 g/mol. The van der Waals surface area contributed by atoms with Gasteiger partial charge in [-0.05, 0) is 40.0 Å². The minimum absolute atomic E-state index is 0.197. The summed E-state index contributed by atoms with van der Waals surface area (Å²) >= 11 is 0. The maximum absolute atomic E-state index is 13.3. The van der Waals surface area contributed by atoms with Gasteiger partial charge >= 0.3 is 18.2 Å². The van der Waals surface area contributed by atoms with E-state index in [0.717, 1.165) is 0 Å². The number of ether oxygens (including phenoxy) is 3. The van der Waals surface area contributed by atoms with Crippen LogP contribution in [-0.4, -0.2) is 84.9 Å². The third-order valence-corrected chi connectivity index (χ3v) is 5.45. The smallest absolute Gasteiger partial charge is 0.410 e. The molecule has 3 amide bonds. The van der Waals surface area contributed by atoms with E-state index in [1.54, 1.807) is 46.4 Å². The van der Waals surface area contributed by atoms with E-state index < -0.39 is 41.3 Å². The first kappa shape index (κ1) is 24.7. The standard InChI is InChI=1S/C21H35N3O7/c1-8-30-17(26)14-9-21(10-23(11-21)19(28)31-20(4,5)6)12-24(14)16(25)15(13(2)3)22-18(27)29-7/h13-15H,8-12H2,1-7H3,(H,22,27). The highest BCUT2D eigenvalue weighted by molar-refractivity contribution is 5.90. The fraction of sp³-hybridized carbons (Fsp3) is 0.810. The van der Waals surface area contributed by atoms with Gasteiger partial charge in [-0.15, -0.1) is 0 Å². The Hall–Kier alpha value is -2.52. The van der Waals surface area contributed by atoms with Crippen LogP contribution < -0.4 is 5.32 Å². The minimum Gasteiger partial charge on any atom is -0.464 e. The van der Waals surface area contributed by atoms with Crippen LogP contribution in [-0.2, 0) is 23.8 Å². The number of likely N-dealkylation sites (tertiary alicyclic amines) is 2. The molecule has 1 spiro atoms. The molecule has 2 fully saturated rings. The van der Waals surface area contributed by atoms with Crippen molar-refractivity contribution in [3.8, 4) is 0 Å². The average Bonchev–Trinajstić information content (AvgIpc) is 3.04. The first-order valence-corrected chi connectivity index (χ1v) is 10.6. The molecule has 2 aliphatic heterocycles. The fourth-order valence-corrected chi connectivity index (χ4v) is 4.06. The van der Waals surface area contributed by atoms with Crippen molar-refractivity contribution in [3.63, 3.8) is 0 Å². The summed E-state index contributed by atoms with van der Waals surface area (Å²) in [6, 6.07) is -1.62. The number of carbonyl (C=O) groups is 4. The Labute approximate surface area is 183 Å². The van der Waals surface area contributed by atoms with Crippen LogP contribution in [0.3, 0.4) is 0 Å². The summed E-state index contributed by atoms with van der Waals surface area (Å²) in [6.45, 7) is 12.0. The minimum atomic E-state index is -0.846. The van der Waals surface area contributed by atoms with Gasteiger partial charge in [0.05, 0.1) is 13.7 Å². The second-order valence-electron chi connectivity index (χ2n) is 9.63. The Balaban J connectivity index is 2.18. The molecular formula is C21H35N3O7. The zero-order chi connectivity index (χ0) is 23.6. The Bertz CT molecular complexity index is 710. The van der Waals surface area contributed by atoms with Crippen molar-refractivity contribution < 1.29 is 33.4 Å². The maximum Gasteiger partial charge on any atom is 0.410 e. The lowest BCUT2D eigenvalue weighted by molar-refractivity contribution is -0.153. The molecule has 31 heavy (non-hydrogen) atoms. The third-order valence-electron chi connectivity index (χ3n) is 5.45. The van der Waals surface area contributed by atoms with Gasteiger partial charge in [-0.25, -0.2) is 14.4 Å². The molecule has 176 valence electrons. The first-order chi connectivity index (χ1) is 14.3. The lowest BCUT2D eigenvalue weighted by Gasteiger charge is -2.47. The molecule has 2 aliphatic rings. The number of nitrogens with one attached hydrogen (secondary N) is 1. The van der Waals surface area contributed by atoms with Crippen molar-refractivity contribution in [2.45, 2.75) is 65.6 Å². The predicted octanol–water partition coefficient (Wildman–Crippen LogP) is 1.77. The quantitative estimate of drug-likeness (QED) is 0.511. The van der Waals surface area contributed by atoms with Crippen molar-refractivity contribution >= 4 is 24.1 Å². The highest BCUT2D eigenvalue weighted by atomic mass is 16.6. The number of hydrogen-bond acceptors (Lipinski definition) is 7. The first-order valence-electron chi connectivity index (χ1n) is 10.6. The van der Waals surface area contributed by atoms with Crippen LogP contribution in [0.2, 0.25) is 0 Å². The maximum atomic E-state index is 13.3. The highest BCUT2D eigenvalue weighted by Crippen LogP contribution is 2.44. The summed E-state index contributed by atoms with van der Waals surface area (Å²) < 4.78 is 15.3. The normalized spacial score (nSPS) is 20.8. The van der Waals surface area contributed by atoms with Gasteiger partial charge in [-0.1, -0.05) is 13.8 Å². The van der Waals surface area contributed by atoms with Crippen molar-refractivity contribution in [2.75, 3.05) is 33.4 Å². The summed E-state index contributed by atoms with van der Waals surface area (Å²) in [5.74, 6) is -1.07. The van der Waals surface area contributed by atoms with Crippen molar-refractivity contribution in [2.24, 2.45) is 11.3 Å². The number of hydrogen-bond donors (Lipinski definition) is 1. The Morgan fingerprint density at radius 2 is 1.74 bits per heavy atom. The Morgan fingerprint density at radius 3 is 2.23 bits per heavy atom. The molecule has 10 heteroatoms.